The van der Waals surface area contributed by atoms with E-state index in [4.69, 9.17) is 5.73 Å². The van der Waals surface area contributed by atoms with Crippen LogP contribution in [0, 0.1) is 5.82 Å². The molecule has 0 aromatic heterocycles. The monoisotopic (exact) mass is 193 g/mol. The Balaban J connectivity index is 0.000001000. The van der Waals surface area contributed by atoms with E-state index < -0.39 is 0 Å². The zero-order valence-electron chi connectivity index (χ0n) is 6.00. The van der Waals surface area contributed by atoms with Gasteiger partial charge in [-0.3, -0.25) is 0 Å². The molecule has 0 aliphatic carbocycles. The fourth-order valence-corrected chi connectivity index (χ4v) is 1.20. The summed E-state index contributed by atoms with van der Waals surface area (Å²) in [5, 5.41) is 0. The normalized spacial score (nSPS) is 8.91. The Labute approximate surface area is 75.6 Å². The van der Waals surface area contributed by atoms with Crippen LogP contribution < -0.4 is 5.73 Å². The molecule has 0 atom stereocenters. The van der Waals surface area contributed by atoms with Gasteiger partial charge in [0.05, 0.1) is 0 Å². The Morgan fingerprint density at radius 3 is 2.55 bits per heavy atom. The Kier molecular flexibility index (Phi) is 4.30. The van der Waals surface area contributed by atoms with E-state index in [1.807, 2.05) is 6.26 Å². The quantitative estimate of drug-likeness (QED) is 0.548. The van der Waals surface area contributed by atoms with E-state index in [0.29, 0.717) is 5.69 Å². The molecule has 0 saturated carbocycles. The van der Waals surface area contributed by atoms with E-state index in [1.54, 1.807) is 6.07 Å². The molecule has 0 bridgehead atoms. The Bertz CT molecular complexity index is 242. The molecule has 1 aromatic rings. The number of nitrogens with two attached hydrogens (primary N) is 1. The SMILES string of the molecule is CSc1ccc(F)cc1N.Cl. The first kappa shape index (κ1) is 10.6. The molecule has 0 saturated heterocycles. The standard InChI is InChI=1S/C7H8FNS.ClH/c1-10-7-3-2-5(8)4-6(7)9;/h2-4H,9H2,1H3;1H. The average molecular weight is 194 g/mol. The van der Waals surface area contributed by atoms with Gasteiger partial charge in [0.25, 0.3) is 0 Å². The van der Waals surface area contributed by atoms with Crippen LogP contribution in [0.1, 0.15) is 0 Å². The van der Waals surface area contributed by atoms with E-state index in [2.05, 4.69) is 0 Å². The zero-order valence-corrected chi connectivity index (χ0v) is 7.64. The van der Waals surface area contributed by atoms with Crippen molar-refractivity contribution in [2.75, 3.05) is 12.0 Å². The van der Waals surface area contributed by atoms with Gasteiger partial charge in [0.15, 0.2) is 0 Å². The number of benzene rings is 1. The number of nitrogen functional groups attached to an aromatic ring is 1. The number of hydrogen-bond donors (Lipinski definition) is 1. The lowest BCUT2D eigenvalue weighted by molar-refractivity contribution is 0.627. The molecule has 0 unspecified atom stereocenters. The second-order valence-corrected chi connectivity index (χ2v) is 2.73. The first-order chi connectivity index (χ1) is 4.74. The van der Waals surface area contributed by atoms with E-state index in [0.717, 1.165) is 4.90 Å². The van der Waals surface area contributed by atoms with Crippen molar-refractivity contribution in [3.05, 3.63) is 24.0 Å². The van der Waals surface area contributed by atoms with Crippen LogP contribution in [0.3, 0.4) is 0 Å². The van der Waals surface area contributed by atoms with E-state index in [9.17, 15) is 4.39 Å². The zero-order chi connectivity index (χ0) is 7.56. The predicted molar refractivity (Wildman–Crippen MR) is 49.8 cm³/mol. The third-order valence-corrected chi connectivity index (χ3v) is 2.00. The summed E-state index contributed by atoms with van der Waals surface area (Å²) in [6.07, 6.45) is 1.91. The van der Waals surface area contributed by atoms with Crippen molar-refractivity contribution in [1.29, 1.82) is 0 Å². The van der Waals surface area contributed by atoms with E-state index >= 15 is 0 Å². The van der Waals surface area contributed by atoms with Crippen molar-refractivity contribution >= 4 is 29.9 Å². The first-order valence-corrected chi connectivity index (χ1v) is 4.05. The van der Waals surface area contributed by atoms with Gasteiger partial charge in [-0.15, -0.1) is 24.2 Å². The summed E-state index contributed by atoms with van der Waals surface area (Å²) >= 11 is 1.51. The highest BCUT2D eigenvalue weighted by molar-refractivity contribution is 7.98. The highest BCUT2D eigenvalue weighted by Crippen LogP contribution is 2.22. The van der Waals surface area contributed by atoms with Gasteiger partial charge < -0.3 is 5.73 Å². The van der Waals surface area contributed by atoms with Gasteiger partial charge in [-0.05, 0) is 24.5 Å². The largest absolute Gasteiger partial charge is 0.398 e. The molecule has 0 fully saturated rings. The lowest BCUT2D eigenvalue weighted by atomic mass is 10.3. The maximum atomic E-state index is 12.4. The lowest BCUT2D eigenvalue weighted by Crippen LogP contribution is -1.88. The molecule has 11 heavy (non-hydrogen) atoms. The molecule has 1 nitrogen and oxygen atoms in total. The summed E-state index contributed by atoms with van der Waals surface area (Å²) in [6, 6.07) is 4.41. The van der Waals surface area contributed by atoms with Gasteiger partial charge in [0.1, 0.15) is 5.82 Å². The smallest absolute Gasteiger partial charge is 0.125 e. The van der Waals surface area contributed by atoms with Gasteiger partial charge in [0, 0.05) is 10.6 Å². The molecule has 62 valence electrons. The van der Waals surface area contributed by atoms with Gasteiger partial charge in [-0.25, -0.2) is 4.39 Å². The lowest BCUT2D eigenvalue weighted by Gasteiger charge is -1.99. The minimum Gasteiger partial charge on any atom is -0.398 e. The Morgan fingerprint density at radius 1 is 1.45 bits per heavy atom. The van der Waals surface area contributed by atoms with Crippen LogP contribution in [0.2, 0.25) is 0 Å². The van der Waals surface area contributed by atoms with Crippen molar-refractivity contribution in [3.8, 4) is 0 Å². The highest BCUT2D eigenvalue weighted by Gasteiger charge is 1.96. The molecule has 0 aliphatic rings. The number of rotatable bonds is 1. The van der Waals surface area contributed by atoms with Crippen LogP contribution in [0.5, 0.6) is 0 Å². The summed E-state index contributed by atoms with van der Waals surface area (Å²) in [5.74, 6) is -0.282. The van der Waals surface area contributed by atoms with Crippen molar-refractivity contribution in [1.82, 2.24) is 0 Å². The van der Waals surface area contributed by atoms with E-state index in [1.165, 1.54) is 23.9 Å². The molecule has 1 rings (SSSR count). The number of thioether (sulfide) groups is 1. The van der Waals surface area contributed by atoms with Gasteiger partial charge in [-0.1, -0.05) is 0 Å². The molecule has 0 spiro atoms. The molecule has 1 aromatic carbocycles. The number of anilines is 1. The van der Waals surface area contributed by atoms with Crippen LogP contribution in [-0.4, -0.2) is 6.26 Å². The minimum atomic E-state index is -0.282. The highest BCUT2D eigenvalue weighted by atomic mass is 35.5. The third kappa shape index (κ3) is 2.60. The Hall–Kier alpha value is -0.410. The Morgan fingerprint density at radius 2 is 2.09 bits per heavy atom. The number of halogens is 2. The van der Waals surface area contributed by atoms with Crippen LogP contribution in [0.4, 0.5) is 10.1 Å². The van der Waals surface area contributed by atoms with Crippen molar-refractivity contribution in [2.24, 2.45) is 0 Å². The molecule has 2 N–H and O–H groups in total. The second-order valence-electron chi connectivity index (χ2n) is 1.89. The fourth-order valence-electron chi connectivity index (χ4n) is 0.705. The van der Waals surface area contributed by atoms with Crippen molar-refractivity contribution in [3.63, 3.8) is 0 Å². The molecule has 0 radical (unpaired) electrons. The summed E-state index contributed by atoms with van der Waals surface area (Å²) in [6.45, 7) is 0. The van der Waals surface area contributed by atoms with Gasteiger partial charge in [0.2, 0.25) is 0 Å². The van der Waals surface area contributed by atoms with Crippen LogP contribution in [0.15, 0.2) is 23.1 Å². The van der Waals surface area contributed by atoms with E-state index in [-0.39, 0.29) is 18.2 Å². The average Bonchev–Trinajstić information content (AvgIpc) is 1.88. The summed E-state index contributed by atoms with van der Waals surface area (Å²) in [5.41, 5.74) is 5.98. The molecule has 0 aliphatic heterocycles. The van der Waals surface area contributed by atoms with Crippen LogP contribution >= 0.6 is 24.2 Å². The van der Waals surface area contributed by atoms with Gasteiger partial charge in [-0.2, -0.15) is 0 Å². The maximum Gasteiger partial charge on any atom is 0.125 e. The van der Waals surface area contributed by atoms with Crippen molar-refractivity contribution in [2.45, 2.75) is 4.90 Å². The predicted octanol–water partition coefficient (Wildman–Crippen LogP) is 2.55. The summed E-state index contributed by atoms with van der Waals surface area (Å²) < 4.78 is 12.4. The minimum absolute atomic E-state index is 0. The van der Waals surface area contributed by atoms with Crippen LogP contribution in [-0.2, 0) is 0 Å². The number of hydrogen-bond acceptors (Lipinski definition) is 2. The molecule has 4 heteroatoms. The first-order valence-electron chi connectivity index (χ1n) is 2.83. The van der Waals surface area contributed by atoms with Crippen LogP contribution in [0.25, 0.3) is 0 Å². The maximum absolute atomic E-state index is 12.4. The van der Waals surface area contributed by atoms with Gasteiger partial charge >= 0.3 is 0 Å². The molecular weight excluding hydrogens is 185 g/mol. The third-order valence-electron chi connectivity index (χ3n) is 1.19. The molecule has 0 amide bonds. The topological polar surface area (TPSA) is 26.0 Å². The second kappa shape index (κ2) is 4.46. The fraction of sp³-hybridized carbons (Fsp3) is 0.143. The summed E-state index contributed by atoms with van der Waals surface area (Å²) in [7, 11) is 0. The molecular formula is C7H9ClFNS. The van der Waals surface area contributed by atoms with Crippen molar-refractivity contribution < 1.29 is 4.39 Å². The summed E-state index contributed by atoms with van der Waals surface area (Å²) in [4.78, 5) is 0.918. The molecule has 0 heterocycles.